The standard InChI is InChI=1S/C20H27N3O6S/c1-6-27-18(24)9-15-11-30-20(21-15)23-19(25)14-7-16(28-12(2)3)22-17(8-14)29-13(4)10-26-5/h7-8,11-13H,6,9-10H2,1-5H3,(H,21,23,25)/t13-/m0/s1. The van der Waals surface area contributed by atoms with Crippen LogP contribution in [0.2, 0.25) is 0 Å². The second kappa shape index (κ2) is 11.5. The van der Waals surface area contributed by atoms with Crippen molar-refractivity contribution in [2.75, 3.05) is 25.6 Å². The maximum Gasteiger partial charge on any atom is 0.311 e. The second-order valence-corrected chi connectivity index (χ2v) is 7.52. The number of esters is 1. The molecular formula is C20H27N3O6S. The lowest BCUT2D eigenvalue weighted by Crippen LogP contribution is -2.20. The summed E-state index contributed by atoms with van der Waals surface area (Å²) in [4.78, 5) is 32.9. The predicted molar refractivity (Wildman–Crippen MR) is 112 cm³/mol. The van der Waals surface area contributed by atoms with E-state index in [4.69, 9.17) is 18.9 Å². The van der Waals surface area contributed by atoms with Gasteiger partial charge in [-0.3, -0.25) is 14.9 Å². The molecule has 0 aromatic carbocycles. The number of hydrogen-bond donors (Lipinski definition) is 1. The molecule has 1 atom stereocenters. The Kier molecular flexibility index (Phi) is 9.00. The molecule has 2 rings (SSSR count). The highest BCUT2D eigenvalue weighted by molar-refractivity contribution is 7.14. The number of methoxy groups -OCH3 is 1. The van der Waals surface area contributed by atoms with E-state index in [2.05, 4.69) is 15.3 Å². The Bertz CT molecular complexity index is 855. The number of anilines is 1. The Labute approximate surface area is 179 Å². The third-order valence-corrected chi connectivity index (χ3v) is 4.33. The summed E-state index contributed by atoms with van der Waals surface area (Å²) in [5, 5.41) is 4.80. The fourth-order valence-electron chi connectivity index (χ4n) is 2.42. The zero-order chi connectivity index (χ0) is 22.1. The average molecular weight is 438 g/mol. The minimum absolute atomic E-state index is 0.0528. The van der Waals surface area contributed by atoms with Gasteiger partial charge in [0.2, 0.25) is 11.8 Å². The van der Waals surface area contributed by atoms with Crippen LogP contribution in [0.25, 0.3) is 0 Å². The Morgan fingerprint density at radius 3 is 2.47 bits per heavy atom. The van der Waals surface area contributed by atoms with Crippen molar-refractivity contribution in [3.63, 3.8) is 0 Å². The number of hydrogen-bond acceptors (Lipinski definition) is 9. The summed E-state index contributed by atoms with van der Waals surface area (Å²) in [5.41, 5.74) is 0.840. The molecule has 0 fully saturated rings. The maximum atomic E-state index is 12.8. The van der Waals surface area contributed by atoms with Crippen LogP contribution in [-0.4, -0.2) is 54.4 Å². The Hall–Kier alpha value is -2.72. The first-order valence-electron chi connectivity index (χ1n) is 9.56. The van der Waals surface area contributed by atoms with Gasteiger partial charge in [-0.25, -0.2) is 4.98 Å². The van der Waals surface area contributed by atoms with E-state index in [-0.39, 0.29) is 36.4 Å². The average Bonchev–Trinajstić information content (AvgIpc) is 3.07. The monoisotopic (exact) mass is 437 g/mol. The Morgan fingerprint density at radius 2 is 1.83 bits per heavy atom. The van der Waals surface area contributed by atoms with Crippen LogP contribution in [0.4, 0.5) is 5.13 Å². The smallest absolute Gasteiger partial charge is 0.311 e. The Morgan fingerprint density at radius 1 is 1.13 bits per heavy atom. The summed E-state index contributed by atoms with van der Waals surface area (Å²) in [6.07, 6.45) is -0.321. The molecule has 0 saturated heterocycles. The van der Waals surface area contributed by atoms with E-state index < -0.39 is 5.91 Å². The highest BCUT2D eigenvalue weighted by atomic mass is 32.1. The zero-order valence-electron chi connectivity index (χ0n) is 17.8. The normalized spacial score (nSPS) is 11.8. The van der Waals surface area contributed by atoms with Crippen LogP contribution in [0.5, 0.6) is 11.8 Å². The number of nitrogens with zero attached hydrogens (tertiary/aromatic N) is 2. The van der Waals surface area contributed by atoms with Gasteiger partial charge in [0.25, 0.3) is 5.91 Å². The quantitative estimate of drug-likeness (QED) is 0.534. The molecule has 9 nitrogen and oxygen atoms in total. The number of carbonyl (C=O) groups is 2. The lowest BCUT2D eigenvalue weighted by Gasteiger charge is -2.16. The summed E-state index contributed by atoms with van der Waals surface area (Å²) in [7, 11) is 1.58. The highest BCUT2D eigenvalue weighted by Gasteiger charge is 2.16. The topological polar surface area (TPSA) is 109 Å². The molecule has 0 bridgehead atoms. The van der Waals surface area contributed by atoms with Crippen LogP contribution >= 0.6 is 11.3 Å². The fraction of sp³-hybridized carbons (Fsp3) is 0.500. The van der Waals surface area contributed by atoms with Gasteiger partial charge in [-0.15, -0.1) is 11.3 Å². The van der Waals surface area contributed by atoms with E-state index in [0.29, 0.717) is 29.6 Å². The van der Waals surface area contributed by atoms with Gasteiger partial charge < -0.3 is 18.9 Å². The molecule has 0 spiro atoms. The number of rotatable bonds is 11. The number of aromatic nitrogens is 2. The van der Waals surface area contributed by atoms with Gasteiger partial charge in [-0.05, 0) is 27.7 Å². The van der Waals surface area contributed by atoms with E-state index in [9.17, 15) is 9.59 Å². The van der Waals surface area contributed by atoms with Crippen molar-refractivity contribution < 1.29 is 28.5 Å². The van der Waals surface area contributed by atoms with E-state index in [1.165, 1.54) is 23.5 Å². The molecule has 0 aliphatic rings. The number of nitrogens with one attached hydrogen (secondary N) is 1. The molecule has 0 aliphatic carbocycles. The minimum Gasteiger partial charge on any atom is -0.475 e. The van der Waals surface area contributed by atoms with Crippen molar-refractivity contribution in [2.24, 2.45) is 0 Å². The summed E-state index contributed by atoms with van der Waals surface area (Å²) in [5.74, 6) is -0.228. The van der Waals surface area contributed by atoms with Crippen molar-refractivity contribution >= 4 is 28.3 Å². The first-order valence-corrected chi connectivity index (χ1v) is 10.4. The van der Waals surface area contributed by atoms with E-state index in [0.717, 1.165) is 0 Å². The molecule has 10 heteroatoms. The van der Waals surface area contributed by atoms with Gasteiger partial charge in [0.05, 0.1) is 37.0 Å². The molecule has 0 radical (unpaired) electrons. The highest BCUT2D eigenvalue weighted by Crippen LogP contribution is 2.22. The first-order chi connectivity index (χ1) is 14.3. The van der Waals surface area contributed by atoms with Crippen molar-refractivity contribution in [1.29, 1.82) is 0 Å². The van der Waals surface area contributed by atoms with Crippen molar-refractivity contribution in [3.05, 3.63) is 28.8 Å². The molecule has 2 heterocycles. The zero-order valence-corrected chi connectivity index (χ0v) is 18.6. The van der Waals surface area contributed by atoms with E-state index >= 15 is 0 Å². The van der Waals surface area contributed by atoms with Crippen LogP contribution in [-0.2, 0) is 20.7 Å². The molecule has 0 aliphatic heterocycles. The summed E-state index contributed by atoms with van der Waals surface area (Å²) in [6, 6.07) is 3.07. The van der Waals surface area contributed by atoms with Crippen LogP contribution in [0.1, 0.15) is 43.7 Å². The number of amides is 1. The molecule has 30 heavy (non-hydrogen) atoms. The van der Waals surface area contributed by atoms with Crippen molar-refractivity contribution in [2.45, 2.75) is 46.3 Å². The van der Waals surface area contributed by atoms with Crippen LogP contribution in [0.15, 0.2) is 17.5 Å². The van der Waals surface area contributed by atoms with Crippen LogP contribution < -0.4 is 14.8 Å². The maximum absolute atomic E-state index is 12.8. The molecule has 2 aromatic heterocycles. The lowest BCUT2D eigenvalue weighted by atomic mass is 10.2. The van der Waals surface area contributed by atoms with Gasteiger partial charge in [0.1, 0.15) is 6.10 Å². The molecule has 1 amide bonds. The number of ether oxygens (including phenoxy) is 4. The number of carbonyl (C=O) groups excluding carboxylic acids is 2. The molecular weight excluding hydrogens is 410 g/mol. The van der Waals surface area contributed by atoms with E-state index in [1.807, 2.05) is 20.8 Å². The second-order valence-electron chi connectivity index (χ2n) is 6.66. The Balaban J connectivity index is 2.15. The van der Waals surface area contributed by atoms with Gasteiger partial charge in [0.15, 0.2) is 5.13 Å². The van der Waals surface area contributed by atoms with Gasteiger partial charge in [0, 0.05) is 24.6 Å². The fourth-order valence-corrected chi connectivity index (χ4v) is 3.13. The first kappa shape index (κ1) is 23.6. The summed E-state index contributed by atoms with van der Waals surface area (Å²) in [6.45, 7) is 7.99. The number of thiazole rings is 1. The third-order valence-electron chi connectivity index (χ3n) is 3.52. The van der Waals surface area contributed by atoms with Crippen LogP contribution in [0, 0.1) is 0 Å². The van der Waals surface area contributed by atoms with Crippen LogP contribution in [0.3, 0.4) is 0 Å². The van der Waals surface area contributed by atoms with E-state index in [1.54, 1.807) is 19.4 Å². The van der Waals surface area contributed by atoms with Gasteiger partial charge in [-0.2, -0.15) is 4.98 Å². The number of pyridine rings is 1. The molecule has 0 saturated carbocycles. The molecule has 1 N–H and O–H groups in total. The van der Waals surface area contributed by atoms with Crippen molar-refractivity contribution in [3.8, 4) is 11.8 Å². The summed E-state index contributed by atoms with van der Waals surface area (Å²) >= 11 is 1.22. The minimum atomic E-state index is -0.396. The third kappa shape index (κ3) is 7.60. The largest absolute Gasteiger partial charge is 0.475 e. The summed E-state index contributed by atoms with van der Waals surface area (Å²) < 4.78 is 21.3. The molecule has 0 unspecified atom stereocenters. The van der Waals surface area contributed by atoms with Gasteiger partial charge in [-0.1, -0.05) is 0 Å². The lowest BCUT2D eigenvalue weighted by molar-refractivity contribution is -0.142. The molecule has 164 valence electrons. The van der Waals surface area contributed by atoms with Crippen molar-refractivity contribution in [1.82, 2.24) is 9.97 Å². The van der Waals surface area contributed by atoms with Gasteiger partial charge >= 0.3 is 5.97 Å². The predicted octanol–water partition coefficient (Wildman–Crippen LogP) is 3.10. The SMILES string of the molecule is CCOC(=O)Cc1csc(NC(=O)c2cc(OC(C)C)nc(O[C@@H](C)COC)c2)n1. The molecule has 2 aromatic rings.